The van der Waals surface area contributed by atoms with E-state index in [0.717, 1.165) is 22.6 Å². The quantitative estimate of drug-likeness (QED) is 0.241. The Morgan fingerprint density at radius 1 is 0.791 bits per heavy atom. The second-order valence-electron chi connectivity index (χ2n) is 16.4. The van der Waals surface area contributed by atoms with Crippen molar-refractivity contribution in [3.05, 3.63) is 53.6 Å². The van der Waals surface area contributed by atoms with Gasteiger partial charge in [0.05, 0.1) is 39.6 Å². The van der Waals surface area contributed by atoms with E-state index in [4.69, 9.17) is 23.1 Å². The summed E-state index contributed by atoms with van der Waals surface area (Å²) in [4.78, 5) is 0. The maximum Gasteiger partial charge on any atom is 0.192 e. The fourth-order valence-electron chi connectivity index (χ4n) is 5.04. The molecule has 0 radical (unpaired) electrons. The average Bonchev–Trinajstić information content (AvgIpc) is 2.87. The lowest BCUT2D eigenvalue weighted by Crippen LogP contribution is -2.57. The zero-order chi connectivity index (χ0) is 32.6. The zero-order valence-electron chi connectivity index (χ0n) is 29.8. The Bertz CT molecular complexity index is 1210. The number of benzene rings is 2. The minimum Gasteiger partial charge on any atom is -0.496 e. The third-order valence-electron chi connectivity index (χ3n) is 9.87. The maximum absolute atomic E-state index is 7.21. The van der Waals surface area contributed by atoms with Gasteiger partial charge in [-0.15, -0.1) is 0 Å². The fraction of sp³-hybridized carbons (Fsp3) is 0.657. The van der Waals surface area contributed by atoms with E-state index in [1.807, 2.05) is 6.07 Å². The Labute approximate surface area is 266 Å². The van der Waals surface area contributed by atoms with Crippen molar-refractivity contribution in [2.45, 2.75) is 142 Å². The van der Waals surface area contributed by atoms with E-state index in [9.17, 15) is 0 Å². The molecule has 0 aromatic heterocycles. The summed E-state index contributed by atoms with van der Waals surface area (Å²) in [5, 5.41) is 1.42. The van der Waals surface area contributed by atoms with Crippen LogP contribution >= 0.6 is 0 Å². The van der Waals surface area contributed by atoms with Gasteiger partial charge in [0.1, 0.15) is 18.1 Å². The van der Waals surface area contributed by atoms with Crippen LogP contribution in [-0.4, -0.2) is 50.1 Å². The van der Waals surface area contributed by atoms with Gasteiger partial charge in [0.15, 0.2) is 16.6 Å². The molecule has 43 heavy (non-hydrogen) atoms. The van der Waals surface area contributed by atoms with E-state index in [-0.39, 0.29) is 34.5 Å². The number of ether oxygens (including phenoxy) is 3. The van der Waals surface area contributed by atoms with Gasteiger partial charge in [-0.1, -0.05) is 91.5 Å². The van der Waals surface area contributed by atoms with E-state index in [1.165, 1.54) is 5.19 Å². The summed E-state index contributed by atoms with van der Waals surface area (Å²) in [5.74, 6) is 1.79. The van der Waals surface area contributed by atoms with Crippen LogP contribution in [0.2, 0.25) is 55.9 Å². The summed E-state index contributed by atoms with van der Waals surface area (Å²) >= 11 is 0. The molecule has 2 aromatic rings. The van der Waals surface area contributed by atoms with Crippen LogP contribution in [0.3, 0.4) is 0 Å². The summed E-state index contributed by atoms with van der Waals surface area (Å²) in [7, 11) is -4.18. The Morgan fingerprint density at radius 3 is 1.86 bits per heavy atom. The Hall–Kier alpha value is -1.43. The van der Waals surface area contributed by atoms with Crippen molar-refractivity contribution in [1.82, 2.24) is 0 Å². The van der Waals surface area contributed by atoms with Crippen molar-refractivity contribution < 1.29 is 23.1 Å². The van der Waals surface area contributed by atoms with Crippen molar-refractivity contribution in [1.29, 1.82) is 0 Å². The van der Waals surface area contributed by atoms with Gasteiger partial charge in [0.25, 0.3) is 0 Å². The highest BCUT2D eigenvalue weighted by Gasteiger charge is 2.49. The molecule has 1 aliphatic rings. The fourth-order valence-corrected chi connectivity index (χ4v) is 9.21. The molecular weight excluding hydrogens is 585 g/mol. The van der Waals surface area contributed by atoms with Crippen LogP contribution in [0.25, 0.3) is 0 Å². The minimum absolute atomic E-state index is 0.0840. The lowest BCUT2D eigenvalue weighted by molar-refractivity contribution is -0.154. The number of rotatable bonds is 10. The van der Waals surface area contributed by atoms with Crippen LogP contribution in [0.15, 0.2) is 42.5 Å². The number of hydrogen-bond acceptors (Lipinski definition) is 5. The first-order valence-corrected chi connectivity index (χ1v) is 25.3. The van der Waals surface area contributed by atoms with Gasteiger partial charge >= 0.3 is 0 Å². The highest BCUT2D eigenvalue weighted by atomic mass is 28.4. The molecule has 0 saturated carbocycles. The van der Waals surface area contributed by atoms with Gasteiger partial charge in [-0.25, -0.2) is 0 Å². The summed E-state index contributed by atoms with van der Waals surface area (Å²) in [6.45, 7) is 32.8. The smallest absolute Gasteiger partial charge is 0.192 e. The predicted molar refractivity (Wildman–Crippen MR) is 189 cm³/mol. The molecule has 3 rings (SSSR count). The van der Waals surface area contributed by atoms with Crippen LogP contribution in [-0.2, 0) is 20.2 Å². The van der Waals surface area contributed by atoms with Crippen molar-refractivity contribution in [3.63, 3.8) is 0 Å². The SMILES string of the molecule is COc1cc([Si](C)(C)C)c(OCc2ccccc2)cc1[C@H]1C[C@@H](O[Si](C)(C)C(C)(C)C)[C@H](O[Si](C)(C)C(C)(C)C)[C@@H](C)O1. The first-order chi connectivity index (χ1) is 19.6. The van der Waals surface area contributed by atoms with Gasteiger partial charge in [-0.05, 0) is 66.1 Å². The van der Waals surface area contributed by atoms with E-state index < -0.39 is 24.7 Å². The monoisotopic (exact) mass is 644 g/mol. The molecule has 0 N–H and O–H groups in total. The summed E-state index contributed by atoms with van der Waals surface area (Å²) in [6, 6.07) is 14.8. The molecule has 1 saturated heterocycles. The van der Waals surface area contributed by atoms with Gasteiger partial charge in [0, 0.05) is 12.0 Å². The van der Waals surface area contributed by atoms with Gasteiger partial charge in [0.2, 0.25) is 0 Å². The van der Waals surface area contributed by atoms with E-state index in [0.29, 0.717) is 13.0 Å². The van der Waals surface area contributed by atoms with E-state index >= 15 is 0 Å². The molecule has 0 amide bonds. The largest absolute Gasteiger partial charge is 0.496 e. The molecule has 1 fully saturated rings. The van der Waals surface area contributed by atoms with E-state index in [2.05, 4.69) is 131 Å². The molecule has 8 heteroatoms. The van der Waals surface area contributed by atoms with Crippen molar-refractivity contribution >= 4 is 29.9 Å². The first-order valence-electron chi connectivity index (χ1n) is 16.0. The molecule has 1 aliphatic heterocycles. The lowest BCUT2D eigenvalue weighted by Gasteiger charge is -2.50. The van der Waals surface area contributed by atoms with Crippen LogP contribution < -0.4 is 14.7 Å². The molecule has 4 atom stereocenters. The molecule has 0 aliphatic carbocycles. The standard InChI is InChI=1S/C35H60O5Si3/c1-25-33(40-43(14,15)35(5,6)7)31(39-42(12,13)34(2,3)4)22-29(38-25)27-21-30(37-24-26-19-17-16-18-20-26)32(41(9,10)11)23-28(27)36-8/h16-21,23,25,29,31,33H,22,24H2,1-15H3/t25-,29-,31-,33-/m1/s1. The summed E-state index contributed by atoms with van der Waals surface area (Å²) < 4.78 is 33.8. The molecule has 1 heterocycles. The normalized spacial score (nSPS) is 22.4. The Morgan fingerprint density at radius 2 is 1.35 bits per heavy atom. The van der Waals surface area contributed by atoms with Crippen molar-refractivity contribution in [2.75, 3.05) is 7.11 Å². The molecule has 242 valence electrons. The lowest BCUT2D eigenvalue weighted by atomic mass is 9.94. The first kappa shape index (κ1) is 36.0. The number of hydrogen-bond donors (Lipinski definition) is 0. The highest BCUT2D eigenvalue weighted by Crippen LogP contribution is 2.46. The molecule has 0 unspecified atom stereocenters. The minimum atomic E-state index is -2.10. The van der Waals surface area contributed by atoms with Crippen molar-refractivity contribution in [2.24, 2.45) is 0 Å². The number of methoxy groups -OCH3 is 1. The average molecular weight is 645 g/mol. The topological polar surface area (TPSA) is 46.2 Å². The van der Waals surface area contributed by atoms with Crippen LogP contribution in [0, 0.1) is 0 Å². The summed E-state index contributed by atoms with van der Waals surface area (Å²) in [6.07, 6.45) is 0.147. The predicted octanol–water partition coefficient (Wildman–Crippen LogP) is 9.45. The maximum atomic E-state index is 7.21. The van der Waals surface area contributed by atoms with Crippen molar-refractivity contribution in [3.8, 4) is 11.5 Å². The van der Waals surface area contributed by atoms with Gasteiger partial charge in [-0.2, -0.15) is 0 Å². The molecule has 0 spiro atoms. The Kier molecular flexibility index (Phi) is 11.0. The second-order valence-corrected chi connectivity index (χ2v) is 31.0. The molecule has 5 nitrogen and oxygen atoms in total. The molecular formula is C35H60O5Si3. The summed E-state index contributed by atoms with van der Waals surface area (Å²) in [5.41, 5.74) is 2.17. The Balaban J connectivity index is 2.06. The third-order valence-corrected chi connectivity index (χ3v) is 20.9. The second kappa shape index (κ2) is 13.1. The van der Waals surface area contributed by atoms with Gasteiger partial charge < -0.3 is 23.1 Å². The van der Waals surface area contributed by atoms with Gasteiger partial charge in [-0.3, -0.25) is 0 Å². The third kappa shape index (κ3) is 8.64. The van der Waals surface area contributed by atoms with Crippen LogP contribution in [0.1, 0.15) is 72.1 Å². The van der Waals surface area contributed by atoms with Crippen LogP contribution in [0.5, 0.6) is 11.5 Å². The molecule has 2 aromatic carbocycles. The molecule has 0 bridgehead atoms. The van der Waals surface area contributed by atoms with E-state index in [1.54, 1.807) is 7.11 Å². The highest BCUT2D eigenvalue weighted by molar-refractivity contribution is 6.89. The zero-order valence-corrected chi connectivity index (χ0v) is 32.8. The van der Waals surface area contributed by atoms with Crippen LogP contribution in [0.4, 0.5) is 0 Å².